The van der Waals surface area contributed by atoms with Crippen molar-refractivity contribution in [1.29, 1.82) is 0 Å². The molecular weight excluding hydrogens is 594 g/mol. The van der Waals surface area contributed by atoms with Crippen LogP contribution >= 0.6 is 22.9 Å². The van der Waals surface area contributed by atoms with Gasteiger partial charge in [0.05, 0.1) is 0 Å². The average Bonchev–Trinajstić information content (AvgIpc) is 3.67. The van der Waals surface area contributed by atoms with Crippen LogP contribution in [0.2, 0.25) is 5.02 Å². The van der Waals surface area contributed by atoms with Crippen LogP contribution in [-0.4, -0.2) is 15.0 Å². The molecule has 9 rings (SSSR count). The summed E-state index contributed by atoms with van der Waals surface area (Å²) in [4.78, 5) is 15.0. The predicted molar refractivity (Wildman–Crippen MR) is 187 cm³/mol. The molecule has 212 valence electrons. The van der Waals surface area contributed by atoms with Gasteiger partial charge in [-0.25, -0.2) is 15.0 Å². The molecule has 45 heavy (non-hydrogen) atoms. The number of aromatic nitrogens is 3. The molecule has 0 unspecified atom stereocenters. The topological polar surface area (TPSA) is 51.8 Å². The summed E-state index contributed by atoms with van der Waals surface area (Å²) in [6.45, 7) is 0. The minimum Gasteiger partial charge on any atom is -0.456 e. The molecule has 0 fully saturated rings. The van der Waals surface area contributed by atoms with E-state index in [0.29, 0.717) is 22.5 Å². The SMILES string of the molecule is Clc1ccc2oc3cccc(-c4nc(-c5ccccc5)nc(-c5ccc(-c6cccc7c6sc6ccccc67)cc5)n4)c3c2c1. The number of rotatable bonds is 4. The lowest BCUT2D eigenvalue weighted by Crippen LogP contribution is -2.00. The van der Waals surface area contributed by atoms with Crippen LogP contribution in [0.1, 0.15) is 0 Å². The van der Waals surface area contributed by atoms with Gasteiger partial charge in [-0.2, -0.15) is 0 Å². The normalized spacial score (nSPS) is 11.7. The molecule has 6 heteroatoms. The molecule has 0 aliphatic carbocycles. The fraction of sp³-hybridized carbons (Fsp3) is 0. The van der Waals surface area contributed by atoms with Crippen molar-refractivity contribution in [1.82, 2.24) is 15.0 Å². The zero-order chi connectivity index (χ0) is 29.9. The maximum atomic E-state index is 6.41. The van der Waals surface area contributed by atoms with Crippen molar-refractivity contribution in [2.45, 2.75) is 0 Å². The quantitative estimate of drug-likeness (QED) is 0.198. The van der Waals surface area contributed by atoms with Gasteiger partial charge in [-0.15, -0.1) is 11.3 Å². The Kier molecular flexibility index (Phi) is 6.01. The predicted octanol–water partition coefficient (Wildman–Crippen LogP) is 11.5. The largest absolute Gasteiger partial charge is 0.456 e. The van der Waals surface area contributed by atoms with E-state index in [1.807, 2.05) is 78.1 Å². The standard InChI is InChI=1S/C39H22ClN3OS/c40-26-20-21-32-31(22-26)35-30(13-7-14-33(35)44-32)39-42-37(24-8-2-1-3-9-24)41-38(43-39)25-18-16-23(17-19-25)27-11-6-12-29-28-10-4-5-15-34(28)45-36(27)29/h1-22H. The van der Waals surface area contributed by atoms with Crippen LogP contribution in [0, 0.1) is 0 Å². The molecule has 0 saturated heterocycles. The van der Waals surface area contributed by atoms with Crippen LogP contribution in [0.3, 0.4) is 0 Å². The van der Waals surface area contributed by atoms with E-state index in [9.17, 15) is 0 Å². The molecule has 4 nitrogen and oxygen atoms in total. The number of fused-ring (bicyclic) bond motifs is 6. The number of furan rings is 1. The molecule has 0 aliphatic heterocycles. The summed E-state index contributed by atoms with van der Waals surface area (Å²) < 4.78 is 8.76. The summed E-state index contributed by atoms with van der Waals surface area (Å²) in [5.41, 5.74) is 6.59. The molecule has 9 aromatic rings. The zero-order valence-electron chi connectivity index (χ0n) is 23.7. The molecule has 0 aliphatic rings. The van der Waals surface area contributed by atoms with Crippen LogP contribution in [-0.2, 0) is 0 Å². The number of nitrogens with zero attached hydrogens (tertiary/aromatic N) is 3. The minimum atomic E-state index is 0.575. The molecule has 3 aromatic heterocycles. The van der Waals surface area contributed by atoms with Crippen molar-refractivity contribution in [3.8, 4) is 45.3 Å². The maximum Gasteiger partial charge on any atom is 0.164 e. The van der Waals surface area contributed by atoms with E-state index in [-0.39, 0.29) is 0 Å². The van der Waals surface area contributed by atoms with E-state index in [1.165, 1.54) is 25.7 Å². The van der Waals surface area contributed by atoms with Gasteiger partial charge in [0.15, 0.2) is 17.5 Å². The van der Waals surface area contributed by atoms with Crippen LogP contribution in [0.25, 0.3) is 87.4 Å². The Balaban J connectivity index is 1.21. The number of hydrogen-bond acceptors (Lipinski definition) is 5. The van der Waals surface area contributed by atoms with Gasteiger partial charge in [-0.1, -0.05) is 115 Å². The van der Waals surface area contributed by atoms with Gasteiger partial charge in [0.1, 0.15) is 11.2 Å². The molecule has 0 atom stereocenters. The summed E-state index contributed by atoms with van der Waals surface area (Å²) in [6.07, 6.45) is 0. The van der Waals surface area contributed by atoms with Crippen molar-refractivity contribution in [2.75, 3.05) is 0 Å². The number of hydrogen-bond donors (Lipinski definition) is 0. The number of halogens is 1. The Morgan fingerprint density at radius 3 is 2.00 bits per heavy atom. The van der Waals surface area contributed by atoms with Crippen molar-refractivity contribution in [2.24, 2.45) is 0 Å². The number of thiophene rings is 1. The lowest BCUT2D eigenvalue weighted by atomic mass is 10.0. The van der Waals surface area contributed by atoms with E-state index in [4.69, 9.17) is 31.0 Å². The smallest absolute Gasteiger partial charge is 0.164 e. The number of benzene rings is 6. The highest BCUT2D eigenvalue weighted by atomic mass is 35.5. The van der Waals surface area contributed by atoms with E-state index in [2.05, 4.69) is 66.7 Å². The molecule has 0 saturated carbocycles. The fourth-order valence-corrected chi connectivity index (χ4v) is 7.51. The first kappa shape index (κ1) is 26.1. The van der Waals surface area contributed by atoms with Crippen LogP contribution < -0.4 is 0 Å². The van der Waals surface area contributed by atoms with E-state index >= 15 is 0 Å². The zero-order valence-corrected chi connectivity index (χ0v) is 25.3. The van der Waals surface area contributed by atoms with Crippen LogP contribution in [0.4, 0.5) is 0 Å². The van der Waals surface area contributed by atoms with Gasteiger partial charge >= 0.3 is 0 Å². The minimum absolute atomic E-state index is 0.575. The Morgan fingerprint density at radius 2 is 1.16 bits per heavy atom. The van der Waals surface area contributed by atoms with Crippen molar-refractivity contribution < 1.29 is 4.42 Å². The van der Waals surface area contributed by atoms with Gasteiger partial charge in [0.25, 0.3) is 0 Å². The highest BCUT2D eigenvalue weighted by Gasteiger charge is 2.18. The Hall–Kier alpha value is -5.36. The van der Waals surface area contributed by atoms with Gasteiger partial charge in [-0.3, -0.25) is 0 Å². The second-order valence-corrected chi connectivity index (χ2v) is 12.4. The second-order valence-electron chi connectivity index (χ2n) is 11.0. The molecule has 0 spiro atoms. The first-order chi connectivity index (χ1) is 22.2. The summed E-state index contributed by atoms with van der Waals surface area (Å²) in [6, 6.07) is 45.3. The molecule has 0 amide bonds. The first-order valence-corrected chi connectivity index (χ1v) is 15.8. The van der Waals surface area contributed by atoms with Gasteiger partial charge in [0, 0.05) is 52.7 Å². The molecule has 0 N–H and O–H groups in total. The van der Waals surface area contributed by atoms with E-state index in [1.54, 1.807) is 0 Å². The van der Waals surface area contributed by atoms with Crippen molar-refractivity contribution in [3.63, 3.8) is 0 Å². The van der Waals surface area contributed by atoms with Crippen molar-refractivity contribution in [3.05, 3.63) is 138 Å². The first-order valence-electron chi connectivity index (χ1n) is 14.6. The molecule has 0 bridgehead atoms. The third-order valence-corrected chi connectivity index (χ3v) is 9.68. The second kappa shape index (κ2) is 10.4. The van der Waals surface area contributed by atoms with Crippen LogP contribution in [0.15, 0.2) is 138 Å². The summed E-state index contributed by atoms with van der Waals surface area (Å²) >= 11 is 8.25. The molecule has 3 heterocycles. The molecule has 0 radical (unpaired) electrons. The van der Waals surface area contributed by atoms with Gasteiger partial charge in [-0.05, 0) is 41.5 Å². The highest BCUT2D eigenvalue weighted by molar-refractivity contribution is 7.26. The summed E-state index contributed by atoms with van der Waals surface area (Å²) in [5, 5.41) is 5.08. The van der Waals surface area contributed by atoms with Crippen molar-refractivity contribution >= 4 is 65.0 Å². The third-order valence-electron chi connectivity index (χ3n) is 8.22. The summed E-state index contributed by atoms with van der Waals surface area (Å²) in [5.74, 6) is 1.79. The monoisotopic (exact) mass is 615 g/mol. The maximum absolute atomic E-state index is 6.41. The Labute approximate surface area is 267 Å². The van der Waals surface area contributed by atoms with Crippen LogP contribution in [0.5, 0.6) is 0 Å². The Morgan fingerprint density at radius 1 is 0.489 bits per heavy atom. The van der Waals surface area contributed by atoms with Gasteiger partial charge < -0.3 is 4.42 Å². The summed E-state index contributed by atoms with van der Waals surface area (Å²) in [7, 11) is 0. The lowest BCUT2D eigenvalue weighted by Gasteiger charge is -2.10. The van der Waals surface area contributed by atoms with E-state index < -0.39 is 0 Å². The van der Waals surface area contributed by atoms with E-state index in [0.717, 1.165) is 44.2 Å². The average molecular weight is 616 g/mol. The highest BCUT2D eigenvalue weighted by Crippen LogP contribution is 2.41. The van der Waals surface area contributed by atoms with Gasteiger partial charge in [0.2, 0.25) is 0 Å². The fourth-order valence-electron chi connectivity index (χ4n) is 6.10. The lowest BCUT2D eigenvalue weighted by molar-refractivity contribution is 0.669. The molecular formula is C39H22ClN3OS. The Bertz CT molecular complexity index is 2550. The molecule has 6 aromatic carbocycles. The third kappa shape index (κ3) is 4.40.